The summed E-state index contributed by atoms with van der Waals surface area (Å²) < 4.78 is 11.9. The number of rotatable bonds is 7. The molecule has 0 aliphatic heterocycles. The fraction of sp³-hybridized carbons (Fsp3) is 0.0435. The van der Waals surface area contributed by atoms with Crippen molar-refractivity contribution in [2.24, 2.45) is 5.10 Å². The fourth-order valence-electron chi connectivity index (χ4n) is 3.55. The SMILES string of the molecule is Nc1nonc1-c1nc2ccccc2n1CC(=O)N/N=C/c1ccc(-c2ccc(O)c(C(=O)O)c2)o1. The van der Waals surface area contributed by atoms with Crippen LogP contribution < -0.4 is 11.2 Å². The van der Waals surface area contributed by atoms with Crippen molar-refractivity contribution in [2.45, 2.75) is 6.54 Å². The average molecular weight is 487 g/mol. The Bertz CT molecular complexity index is 1630. The number of anilines is 1. The highest BCUT2D eigenvalue weighted by molar-refractivity contribution is 5.92. The number of hydrogen-bond acceptors (Lipinski definition) is 10. The molecule has 13 heteroatoms. The number of nitrogens with zero attached hydrogens (tertiary/aromatic N) is 5. The van der Waals surface area contributed by atoms with E-state index in [2.05, 4.69) is 30.5 Å². The molecule has 180 valence electrons. The summed E-state index contributed by atoms with van der Waals surface area (Å²) in [5.41, 5.74) is 9.97. The lowest BCUT2D eigenvalue weighted by atomic mass is 10.1. The summed E-state index contributed by atoms with van der Waals surface area (Å²) in [6.45, 7) is -0.144. The number of amides is 1. The average Bonchev–Trinajstić information content (AvgIpc) is 3.58. The molecule has 0 bridgehead atoms. The van der Waals surface area contributed by atoms with Gasteiger partial charge >= 0.3 is 5.97 Å². The second kappa shape index (κ2) is 9.06. The van der Waals surface area contributed by atoms with Crippen LogP contribution in [0.15, 0.2) is 68.7 Å². The van der Waals surface area contributed by atoms with Gasteiger partial charge in [0.15, 0.2) is 17.3 Å². The quantitative estimate of drug-likeness (QED) is 0.196. The number of nitrogens with two attached hydrogens (primary N) is 1. The van der Waals surface area contributed by atoms with Gasteiger partial charge in [-0.1, -0.05) is 12.1 Å². The third kappa shape index (κ3) is 4.23. The molecule has 5 N–H and O–H groups in total. The number of furan rings is 1. The van der Waals surface area contributed by atoms with Gasteiger partial charge < -0.3 is 24.9 Å². The summed E-state index contributed by atoms with van der Waals surface area (Å²) in [7, 11) is 0. The number of nitrogen functional groups attached to an aromatic ring is 1. The molecule has 0 spiro atoms. The summed E-state index contributed by atoms with van der Waals surface area (Å²) in [6, 6.07) is 14.5. The number of fused-ring (bicyclic) bond motifs is 1. The molecule has 0 aliphatic carbocycles. The van der Waals surface area contributed by atoms with Crippen LogP contribution in [0.4, 0.5) is 5.82 Å². The number of hydrazone groups is 1. The van der Waals surface area contributed by atoms with Crippen LogP contribution in [0.1, 0.15) is 16.1 Å². The number of carboxylic acid groups (broad SMARTS) is 1. The van der Waals surface area contributed by atoms with Crippen LogP contribution in [-0.2, 0) is 11.3 Å². The molecule has 2 aromatic carbocycles. The number of carboxylic acids is 1. The molecule has 3 heterocycles. The van der Waals surface area contributed by atoms with Crippen molar-refractivity contribution in [2.75, 3.05) is 5.73 Å². The van der Waals surface area contributed by atoms with E-state index in [9.17, 15) is 14.7 Å². The highest BCUT2D eigenvalue weighted by Gasteiger charge is 2.20. The van der Waals surface area contributed by atoms with E-state index in [1.807, 2.05) is 12.1 Å². The first-order chi connectivity index (χ1) is 17.4. The predicted molar refractivity (Wildman–Crippen MR) is 126 cm³/mol. The summed E-state index contributed by atoms with van der Waals surface area (Å²) in [5.74, 6) is -1.03. The Hall–Kier alpha value is -5.46. The fourth-order valence-corrected chi connectivity index (χ4v) is 3.55. The van der Waals surface area contributed by atoms with Gasteiger partial charge in [-0.15, -0.1) is 0 Å². The van der Waals surface area contributed by atoms with Crippen molar-refractivity contribution < 1.29 is 28.8 Å². The van der Waals surface area contributed by atoms with Crippen LogP contribution in [0.2, 0.25) is 0 Å². The van der Waals surface area contributed by atoms with Gasteiger partial charge in [0, 0.05) is 5.56 Å². The van der Waals surface area contributed by atoms with Gasteiger partial charge in [-0.3, -0.25) is 4.79 Å². The Morgan fingerprint density at radius 1 is 1.14 bits per heavy atom. The highest BCUT2D eigenvalue weighted by atomic mass is 16.6. The number of imidazole rings is 1. The third-order valence-electron chi connectivity index (χ3n) is 5.20. The van der Waals surface area contributed by atoms with Crippen LogP contribution in [0.3, 0.4) is 0 Å². The van der Waals surface area contributed by atoms with Crippen molar-refractivity contribution in [1.29, 1.82) is 0 Å². The number of benzene rings is 2. The molecule has 0 aliphatic rings. The summed E-state index contributed by atoms with van der Waals surface area (Å²) in [4.78, 5) is 28.4. The van der Waals surface area contributed by atoms with E-state index in [1.165, 1.54) is 24.4 Å². The zero-order valence-corrected chi connectivity index (χ0v) is 18.3. The Balaban J connectivity index is 1.31. The highest BCUT2D eigenvalue weighted by Crippen LogP contribution is 2.28. The standard InChI is InChI=1S/C23H17N7O6/c24-21-20(28-36-29-21)22-26-15-3-1-2-4-16(15)30(22)11-19(32)27-25-10-13-6-8-18(35-13)12-5-7-17(31)14(9-12)23(33)34/h1-10,31H,11H2,(H2,24,29)(H,27,32)(H,33,34)/b25-10+. The predicted octanol–water partition coefficient (Wildman–Crippen LogP) is 2.48. The van der Waals surface area contributed by atoms with Crippen molar-refractivity contribution >= 4 is 34.9 Å². The van der Waals surface area contributed by atoms with E-state index in [0.717, 1.165) is 0 Å². The summed E-state index contributed by atoms with van der Waals surface area (Å²) in [5, 5.41) is 30.1. The number of carbonyl (C=O) groups excluding carboxylic acids is 1. The minimum absolute atomic E-state index is 0.0442. The van der Waals surface area contributed by atoms with E-state index in [-0.39, 0.29) is 29.4 Å². The first kappa shape index (κ1) is 22.3. The van der Waals surface area contributed by atoms with Crippen LogP contribution in [0, 0.1) is 0 Å². The number of para-hydroxylation sites is 2. The number of nitrogens with one attached hydrogen (secondary N) is 1. The molecule has 0 fully saturated rings. The monoisotopic (exact) mass is 487 g/mol. The smallest absolute Gasteiger partial charge is 0.339 e. The number of aromatic hydroxyl groups is 1. The largest absolute Gasteiger partial charge is 0.507 e. The topological polar surface area (TPSA) is 195 Å². The molecule has 0 radical (unpaired) electrons. The molecule has 13 nitrogen and oxygen atoms in total. The molecule has 36 heavy (non-hydrogen) atoms. The first-order valence-electron chi connectivity index (χ1n) is 10.4. The number of hydrogen-bond donors (Lipinski definition) is 4. The van der Waals surface area contributed by atoms with Crippen molar-refractivity contribution in [1.82, 2.24) is 25.3 Å². The minimum atomic E-state index is -1.26. The van der Waals surface area contributed by atoms with Crippen molar-refractivity contribution in [3.8, 4) is 28.6 Å². The third-order valence-corrected chi connectivity index (χ3v) is 5.20. The number of phenols is 1. The zero-order chi connectivity index (χ0) is 25.2. The molecule has 0 atom stereocenters. The van der Waals surface area contributed by atoms with E-state index >= 15 is 0 Å². The molecular weight excluding hydrogens is 470 g/mol. The maximum atomic E-state index is 12.6. The zero-order valence-electron chi connectivity index (χ0n) is 18.3. The second-order valence-electron chi connectivity index (χ2n) is 7.54. The lowest BCUT2D eigenvalue weighted by Crippen LogP contribution is -2.23. The molecule has 5 aromatic rings. The number of aromatic nitrogens is 4. The van der Waals surface area contributed by atoms with Crippen LogP contribution >= 0.6 is 0 Å². The number of aromatic carboxylic acids is 1. The van der Waals surface area contributed by atoms with E-state index in [4.69, 9.17) is 15.3 Å². The maximum absolute atomic E-state index is 12.6. The lowest BCUT2D eigenvalue weighted by Gasteiger charge is -2.06. The van der Waals surface area contributed by atoms with Crippen LogP contribution in [-0.4, -0.2) is 48.2 Å². The Morgan fingerprint density at radius 2 is 1.97 bits per heavy atom. The molecular formula is C23H17N7O6. The van der Waals surface area contributed by atoms with Crippen molar-refractivity contribution in [3.63, 3.8) is 0 Å². The molecule has 1 amide bonds. The molecule has 0 saturated carbocycles. The lowest BCUT2D eigenvalue weighted by molar-refractivity contribution is -0.121. The summed E-state index contributed by atoms with van der Waals surface area (Å²) >= 11 is 0. The molecule has 5 rings (SSSR count). The van der Waals surface area contributed by atoms with E-state index in [1.54, 1.807) is 28.8 Å². The van der Waals surface area contributed by atoms with Gasteiger partial charge in [-0.2, -0.15) is 5.10 Å². The Morgan fingerprint density at radius 3 is 2.75 bits per heavy atom. The minimum Gasteiger partial charge on any atom is -0.507 e. The van der Waals surface area contributed by atoms with Gasteiger partial charge in [0.1, 0.15) is 29.4 Å². The van der Waals surface area contributed by atoms with Gasteiger partial charge in [0.05, 0.1) is 17.2 Å². The van der Waals surface area contributed by atoms with Crippen LogP contribution in [0.25, 0.3) is 33.9 Å². The van der Waals surface area contributed by atoms with Gasteiger partial charge in [-0.05, 0) is 52.8 Å². The number of carbonyl (C=O) groups is 2. The molecule has 0 unspecified atom stereocenters. The normalized spacial score (nSPS) is 11.3. The van der Waals surface area contributed by atoms with Gasteiger partial charge in [0.2, 0.25) is 0 Å². The van der Waals surface area contributed by atoms with Gasteiger partial charge in [0.25, 0.3) is 5.91 Å². The summed E-state index contributed by atoms with van der Waals surface area (Å²) in [6.07, 6.45) is 1.30. The molecule has 3 aromatic heterocycles. The molecule has 0 saturated heterocycles. The maximum Gasteiger partial charge on any atom is 0.339 e. The first-order valence-corrected chi connectivity index (χ1v) is 10.4. The van der Waals surface area contributed by atoms with Crippen molar-refractivity contribution in [3.05, 3.63) is 65.9 Å². The van der Waals surface area contributed by atoms with E-state index < -0.39 is 11.9 Å². The van der Waals surface area contributed by atoms with Crippen LogP contribution in [0.5, 0.6) is 5.75 Å². The Kier molecular flexibility index (Phi) is 5.62. The van der Waals surface area contributed by atoms with E-state index in [0.29, 0.717) is 33.9 Å². The Labute approximate surface area is 201 Å². The second-order valence-corrected chi connectivity index (χ2v) is 7.54. The van der Waals surface area contributed by atoms with Gasteiger partial charge in [-0.25, -0.2) is 19.8 Å².